The Labute approximate surface area is 156 Å². The Bertz CT molecular complexity index is 645. The smallest absolute Gasteiger partial charge is 0.137 e. The van der Waals surface area contributed by atoms with E-state index in [2.05, 4.69) is 63.7 Å². The summed E-state index contributed by atoms with van der Waals surface area (Å²) in [5, 5.41) is 0.658. The molecular weight excluding hydrogens is 539 g/mol. The summed E-state index contributed by atoms with van der Waals surface area (Å²) in [6, 6.07) is 9.78. The quantitative estimate of drug-likeness (QED) is 0.372. The number of hydrogen-bond acceptors (Lipinski definition) is 1. The minimum Gasteiger partial charge on any atom is -0.495 e. The maximum absolute atomic E-state index is 6.15. The van der Waals surface area contributed by atoms with E-state index in [0.29, 0.717) is 5.02 Å². The van der Waals surface area contributed by atoms with Gasteiger partial charge in [0, 0.05) is 19.5 Å². The van der Waals surface area contributed by atoms with Crippen LogP contribution >= 0.6 is 75.3 Å². The first-order chi connectivity index (χ1) is 9.43. The molecule has 0 aliphatic rings. The lowest BCUT2D eigenvalue weighted by Gasteiger charge is -2.18. The molecule has 1 nitrogen and oxygen atoms in total. The number of rotatable bonds is 3. The van der Waals surface area contributed by atoms with Crippen LogP contribution in [0, 0.1) is 0 Å². The van der Waals surface area contributed by atoms with Gasteiger partial charge in [-0.1, -0.05) is 65.5 Å². The molecule has 0 radical (unpaired) electrons. The SMILES string of the molecule is COc1c(Br)cc(Cl)cc1C(Br)c1ccc(Br)cc1Br. The van der Waals surface area contributed by atoms with Crippen molar-refractivity contribution in [3.8, 4) is 5.75 Å². The molecule has 2 rings (SSSR count). The van der Waals surface area contributed by atoms with Crippen LogP contribution in [0.5, 0.6) is 5.75 Å². The van der Waals surface area contributed by atoms with Crippen LogP contribution in [0.25, 0.3) is 0 Å². The number of alkyl halides is 1. The van der Waals surface area contributed by atoms with Gasteiger partial charge in [0.1, 0.15) is 5.75 Å². The minimum atomic E-state index is -0.0325. The molecule has 0 bridgehead atoms. The third-order valence-corrected chi connectivity index (χ3v) is 5.72. The van der Waals surface area contributed by atoms with Crippen LogP contribution in [-0.4, -0.2) is 7.11 Å². The maximum Gasteiger partial charge on any atom is 0.137 e. The van der Waals surface area contributed by atoms with E-state index in [-0.39, 0.29) is 4.83 Å². The molecule has 0 aliphatic heterocycles. The van der Waals surface area contributed by atoms with Crippen molar-refractivity contribution in [3.05, 3.63) is 59.9 Å². The summed E-state index contributed by atoms with van der Waals surface area (Å²) in [5.74, 6) is 0.770. The van der Waals surface area contributed by atoms with Crippen molar-refractivity contribution in [3.63, 3.8) is 0 Å². The van der Waals surface area contributed by atoms with Gasteiger partial charge in [-0.05, 0) is 45.8 Å². The van der Waals surface area contributed by atoms with E-state index in [9.17, 15) is 0 Å². The van der Waals surface area contributed by atoms with E-state index in [0.717, 1.165) is 30.3 Å². The minimum absolute atomic E-state index is 0.0325. The fraction of sp³-hybridized carbons (Fsp3) is 0.143. The predicted molar refractivity (Wildman–Crippen MR) is 98.3 cm³/mol. The van der Waals surface area contributed by atoms with E-state index in [1.807, 2.05) is 30.3 Å². The standard InChI is InChI=1S/C14H9Br4ClO/c1-20-14-10(5-8(19)6-12(14)17)13(18)9-3-2-7(15)4-11(9)16/h2-6,13H,1H3. The highest BCUT2D eigenvalue weighted by atomic mass is 79.9. The first kappa shape index (κ1) is 16.8. The molecule has 0 N–H and O–H groups in total. The summed E-state index contributed by atoms with van der Waals surface area (Å²) in [5.41, 5.74) is 2.07. The van der Waals surface area contributed by atoms with Crippen LogP contribution in [0.4, 0.5) is 0 Å². The molecule has 0 saturated heterocycles. The Hall–Kier alpha value is 0.450. The van der Waals surface area contributed by atoms with E-state index >= 15 is 0 Å². The van der Waals surface area contributed by atoms with Gasteiger partial charge in [0.05, 0.1) is 16.4 Å². The van der Waals surface area contributed by atoms with Crippen molar-refractivity contribution in [1.29, 1.82) is 0 Å². The first-order valence-corrected chi connectivity index (χ1v) is 9.23. The molecule has 2 aromatic rings. The lowest BCUT2D eigenvalue weighted by Crippen LogP contribution is -1.99. The molecule has 6 heteroatoms. The zero-order valence-corrected chi connectivity index (χ0v) is 17.4. The summed E-state index contributed by atoms with van der Waals surface area (Å²) < 4.78 is 8.34. The van der Waals surface area contributed by atoms with Crippen molar-refractivity contribution in [1.82, 2.24) is 0 Å². The molecule has 1 unspecified atom stereocenters. The highest BCUT2D eigenvalue weighted by molar-refractivity contribution is 9.11. The molecule has 0 aliphatic carbocycles. The summed E-state index contributed by atoms with van der Waals surface area (Å²) in [6.07, 6.45) is 0. The van der Waals surface area contributed by atoms with Crippen LogP contribution in [0.3, 0.4) is 0 Å². The largest absolute Gasteiger partial charge is 0.495 e. The Balaban J connectivity index is 2.55. The molecule has 2 aromatic carbocycles. The number of methoxy groups -OCH3 is 1. The Morgan fingerprint density at radius 3 is 2.30 bits per heavy atom. The third kappa shape index (κ3) is 3.61. The maximum atomic E-state index is 6.15. The summed E-state index contributed by atoms with van der Waals surface area (Å²) in [4.78, 5) is -0.0325. The van der Waals surface area contributed by atoms with Gasteiger partial charge >= 0.3 is 0 Å². The van der Waals surface area contributed by atoms with Crippen molar-refractivity contribution in [2.24, 2.45) is 0 Å². The second-order valence-corrected chi connectivity index (χ2v) is 8.01. The molecular formula is C14H9Br4ClO. The van der Waals surface area contributed by atoms with Gasteiger partial charge in [0.15, 0.2) is 0 Å². The van der Waals surface area contributed by atoms with E-state index in [1.54, 1.807) is 7.11 Å². The van der Waals surface area contributed by atoms with Crippen molar-refractivity contribution >= 4 is 75.3 Å². The Morgan fingerprint density at radius 1 is 1.00 bits per heavy atom. The highest BCUT2D eigenvalue weighted by Crippen LogP contribution is 2.44. The first-order valence-electron chi connectivity index (χ1n) is 5.56. The van der Waals surface area contributed by atoms with Gasteiger partial charge in [-0.15, -0.1) is 0 Å². The predicted octanol–water partition coefficient (Wildman–Crippen LogP) is 7.12. The summed E-state index contributed by atoms with van der Waals surface area (Å²) in [7, 11) is 1.65. The Morgan fingerprint density at radius 2 is 1.70 bits per heavy atom. The van der Waals surface area contributed by atoms with Gasteiger partial charge in [-0.3, -0.25) is 0 Å². The fourth-order valence-corrected chi connectivity index (χ4v) is 5.18. The molecule has 0 aromatic heterocycles. The van der Waals surface area contributed by atoms with Crippen LogP contribution in [0.15, 0.2) is 43.7 Å². The molecule has 1 atom stereocenters. The number of ether oxygens (including phenoxy) is 1. The van der Waals surface area contributed by atoms with Crippen LogP contribution in [-0.2, 0) is 0 Å². The molecule has 0 heterocycles. The van der Waals surface area contributed by atoms with Crippen LogP contribution in [0.1, 0.15) is 16.0 Å². The van der Waals surface area contributed by atoms with E-state index in [1.165, 1.54) is 0 Å². The van der Waals surface area contributed by atoms with Crippen LogP contribution in [0.2, 0.25) is 5.02 Å². The third-order valence-electron chi connectivity index (χ3n) is 2.75. The molecule has 0 fully saturated rings. The lowest BCUT2D eigenvalue weighted by molar-refractivity contribution is 0.408. The zero-order chi connectivity index (χ0) is 14.9. The van der Waals surface area contributed by atoms with Crippen molar-refractivity contribution in [2.45, 2.75) is 4.83 Å². The average Bonchev–Trinajstić information content (AvgIpc) is 2.37. The zero-order valence-electron chi connectivity index (χ0n) is 10.3. The number of benzene rings is 2. The second kappa shape index (κ2) is 7.14. The average molecular weight is 548 g/mol. The summed E-state index contributed by atoms with van der Waals surface area (Å²) in [6.45, 7) is 0. The highest BCUT2D eigenvalue weighted by Gasteiger charge is 2.20. The van der Waals surface area contributed by atoms with Gasteiger partial charge in [-0.25, -0.2) is 0 Å². The topological polar surface area (TPSA) is 9.23 Å². The van der Waals surface area contributed by atoms with Crippen molar-refractivity contribution in [2.75, 3.05) is 7.11 Å². The van der Waals surface area contributed by atoms with Gasteiger partial charge < -0.3 is 4.74 Å². The molecule has 106 valence electrons. The Kier molecular flexibility index (Phi) is 6.00. The monoisotopic (exact) mass is 544 g/mol. The van der Waals surface area contributed by atoms with E-state index < -0.39 is 0 Å². The van der Waals surface area contributed by atoms with Gasteiger partial charge in [0.2, 0.25) is 0 Å². The van der Waals surface area contributed by atoms with E-state index in [4.69, 9.17) is 16.3 Å². The molecule has 0 spiro atoms. The number of hydrogen-bond donors (Lipinski definition) is 0. The normalized spacial score (nSPS) is 12.3. The lowest BCUT2D eigenvalue weighted by atomic mass is 10.0. The fourth-order valence-electron chi connectivity index (χ4n) is 1.86. The van der Waals surface area contributed by atoms with Crippen LogP contribution < -0.4 is 4.74 Å². The van der Waals surface area contributed by atoms with Gasteiger partial charge in [-0.2, -0.15) is 0 Å². The number of halogens is 5. The van der Waals surface area contributed by atoms with Gasteiger partial charge in [0.25, 0.3) is 0 Å². The molecule has 0 saturated carbocycles. The molecule has 20 heavy (non-hydrogen) atoms. The molecule has 0 amide bonds. The second-order valence-electron chi connectivity index (χ2n) is 4.04. The summed E-state index contributed by atoms with van der Waals surface area (Å²) >= 11 is 20.4. The van der Waals surface area contributed by atoms with Crippen molar-refractivity contribution < 1.29 is 4.74 Å².